The first-order valence-corrected chi connectivity index (χ1v) is 12.5. The fourth-order valence-electron chi connectivity index (χ4n) is 4.55. The molecule has 6 heteroatoms. The molecule has 1 unspecified atom stereocenters. The maximum Gasteiger partial charge on any atom is 0.300 e. The molecule has 192 valence electrons. The lowest BCUT2D eigenvalue weighted by Gasteiger charge is -2.27. The molecular weight excluding hydrogens is 466 g/mol. The molecule has 1 heterocycles. The number of methoxy groups -OCH3 is 1. The number of rotatable bonds is 8. The van der Waals surface area contributed by atoms with Gasteiger partial charge < -0.3 is 14.6 Å². The number of aliphatic hydroxyl groups is 1. The summed E-state index contributed by atoms with van der Waals surface area (Å²) in [4.78, 5) is 28.3. The van der Waals surface area contributed by atoms with Gasteiger partial charge in [-0.2, -0.15) is 0 Å². The number of anilines is 1. The van der Waals surface area contributed by atoms with Crippen LogP contribution in [0.4, 0.5) is 5.69 Å². The molecule has 1 fully saturated rings. The summed E-state index contributed by atoms with van der Waals surface area (Å²) >= 11 is 0. The number of ketones is 1. The first kappa shape index (κ1) is 26.0. The van der Waals surface area contributed by atoms with Crippen LogP contribution in [-0.2, 0) is 16.0 Å². The lowest BCUT2D eigenvalue weighted by atomic mass is 9.94. The van der Waals surface area contributed by atoms with Crippen LogP contribution in [0, 0.1) is 12.8 Å². The summed E-state index contributed by atoms with van der Waals surface area (Å²) in [5, 5.41) is 11.5. The van der Waals surface area contributed by atoms with Crippen LogP contribution in [0.15, 0.2) is 72.3 Å². The zero-order valence-corrected chi connectivity index (χ0v) is 21.9. The third-order valence-corrected chi connectivity index (χ3v) is 6.52. The van der Waals surface area contributed by atoms with Crippen LogP contribution in [0.1, 0.15) is 49.1 Å². The average Bonchev–Trinajstić information content (AvgIpc) is 3.17. The number of carbonyl (C=O) groups is 2. The SMILES string of the molecule is CCc1ccc(N2C(=O)C(=O)/C(=C(/O)c3ccc(OCC(C)C)c(C)c3)C2c2ccccc2OC)cc1. The Hall–Kier alpha value is -4.06. The zero-order chi connectivity index (χ0) is 26.7. The molecule has 3 aromatic carbocycles. The Balaban J connectivity index is 1.87. The number of aliphatic hydroxyl groups excluding tert-OH is 1. The number of amides is 1. The van der Waals surface area contributed by atoms with Crippen LogP contribution in [0.25, 0.3) is 5.76 Å². The number of benzene rings is 3. The predicted octanol–water partition coefficient (Wildman–Crippen LogP) is 6.23. The fourth-order valence-corrected chi connectivity index (χ4v) is 4.55. The molecule has 0 radical (unpaired) electrons. The van der Waals surface area contributed by atoms with Crippen LogP contribution < -0.4 is 14.4 Å². The van der Waals surface area contributed by atoms with Crippen LogP contribution in [0.5, 0.6) is 11.5 Å². The lowest BCUT2D eigenvalue weighted by Crippen LogP contribution is -2.29. The van der Waals surface area contributed by atoms with E-state index in [0.29, 0.717) is 40.8 Å². The smallest absolute Gasteiger partial charge is 0.300 e. The van der Waals surface area contributed by atoms with Gasteiger partial charge in [-0.25, -0.2) is 0 Å². The molecule has 0 aliphatic carbocycles. The van der Waals surface area contributed by atoms with Gasteiger partial charge in [-0.1, -0.05) is 51.1 Å². The van der Waals surface area contributed by atoms with Gasteiger partial charge in [0.1, 0.15) is 17.3 Å². The highest BCUT2D eigenvalue weighted by Crippen LogP contribution is 2.45. The van der Waals surface area contributed by atoms with Gasteiger partial charge in [0.05, 0.1) is 25.3 Å². The Kier molecular flexibility index (Phi) is 7.67. The third kappa shape index (κ3) is 5.10. The van der Waals surface area contributed by atoms with Crippen molar-refractivity contribution >= 4 is 23.1 Å². The van der Waals surface area contributed by atoms with E-state index < -0.39 is 17.7 Å². The summed E-state index contributed by atoms with van der Waals surface area (Å²) < 4.78 is 11.5. The summed E-state index contributed by atoms with van der Waals surface area (Å²) in [6.45, 7) is 8.65. The molecule has 0 saturated carbocycles. The van der Waals surface area contributed by atoms with Crippen molar-refractivity contribution < 1.29 is 24.2 Å². The van der Waals surface area contributed by atoms with E-state index in [0.717, 1.165) is 17.5 Å². The minimum Gasteiger partial charge on any atom is -0.507 e. The first-order chi connectivity index (χ1) is 17.8. The van der Waals surface area contributed by atoms with E-state index in [-0.39, 0.29) is 11.3 Å². The zero-order valence-electron chi connectivity index (χ0n) is 21.9. The summed E-state index contributed by atoms with van der Waals surface area (Å²) in [5.41, 5.74) is 3.58. The summed E-state index contributed by atoms with van der Waals surface area (Å²) in [6, 6.07) is 19.2. The number of hydrogen-bond acceptors (Lipinski definition) is 5. The minimum atomic E-state index is -0.860. The van der Waals surface area contributed by atoms with Crippen molar-refractivity contribution in [1.82, 2.24) is 0 Å². The number of para-hydroxylation sites is 1. The molecule has 3 aromatic rings. The van der Waals surface area contributed by atoms with Gasteiger partial charge in [-0.05, 0) is 66.8 Å². The number of ether oxygens (including phenoxy) is 2. The molecule has 37 heavy (non-hydrogen) atoms. The van der Waals surface area contributed by atoms with Gasteiger partial charge in [-0.15, -0.1) is 0 Å². The van der Waals surface area contributed by atoms with E-state index >= 15 is 0 Å². The van der Waals surface area contributed by atoms with Crippen LogP contribution in [-0.4, -0.2) is 30.5 Å². The minimum absolute atomic E-state index is 0.0179. The molecule has 0 bridgehead atoms. The molecule has 0 spiro atoms. The highest BCUT2D eigenvalue weighted by atomic mass is 16.5. The van der Waals surface area contributed by atoms with Gasteiger partial charge >= 0.3 is 0 Å². The topological polar surface area (TPSA) is 76.1 Å². The molecule has 0 aromatic heterocycles. The second-order valence-electron chi connectivity index (χ2n) is 9.62. The number of carbonyl (C=O) groups excluding carboxylic acids is 2. The molecule has 1 N–H and O–H groups in total. The van der Waals surface area contributed by atoms with Gasteiger partial charge in [-0.3, -0.25) is 14.5 Å². The summed E-state index contributed by atoms with van der Waals surface area (Å²) in [7, 11) is 1.54. The van der Waals surface area contributed by atoms with Gasteiger partial charge in [0, 0.05) is 16.8 Å². The maximum atomic E-state index is 13.5. The molecular formula is C31H33NO5. The first-order valence-electron chi connectivity index (χ1n) is 12.5. The monoisotopic (exact) mass is 499 g/mol. The van der Waals surface area contributed by atoms with Crippen molar-refractivity contribution in [3.8, 4) is 11.5 Å². The molecule has 1 aliphatic heterocycles. The van der Waals surface area contributed by atoms with E-state index in [9.17, 15) is 14.7 Å². The van der Waals surface area contributed by atoms with Crippen molar-refractivity contribution in [2.75, 3.05) is 18.6 Å². The van der Waals surface area contributed by atoms with E-state index in [1.165, 1.54) is 4.90 Å². The Morgan fingerprint density at radius 3 is 2.32 bits per heavy atom. The second kappa shape index (κ2) is 10.9. The molecule has 1 aliphatic rings. The standard InChI is InChI=1S/C31H33NO5/c1-6-21-11-14-23(15-12-21)32-28(24-9-7-8-10-26(24)36-5)27(30(34)31(32)35)29(33)22-13-16-25(20(4)17-22)37-18-19(2)3/h7-17,19,28,33H,6,18H2,1-5H3/b29-27+. The molecule has 1 atom stereocenters. The normalized spacial score (nSPS) is 16.9. The number of hydrogen-bond donors (Lipinski definition) is 1. The van der Waals surface area contributed by atoms with E-state index in [4.69, 9.17) is 9.47 Å². The number of aryl methyl sites for hydroxylation is 2. The number of Topliss-reactive ketones (excluding diaryl/α,β-unsaturated/α-hetero) is 1. The van der Waals surface area contributed by atoms with Gasteiger partial charge in [0.2, 0.25) is 0 Å². The molecule has 1 amide bonds. The highest BCUT2D eigenvalue weighted by molar-refractivity contribution is 6.51. The van der Waals surface area contributed by atoms with E-state index in [1.54, 1.807) is 31.4 Å². The predicted molar refractivity (Wildman–Crippen MR) is 145 cm³/mol. The maximum absolute atomic E-state index is 13.5. The highest BCUT2D eigenvalue weighted by Gasteiger charge is 2.47. The molecule has 4 rings (SSSR count). The van der Waals surface area contributed by atoms with Crippen LogP contribution >= 0.6 is 0 Å². The fraction of sp³-hybridized carbons (Fsp3) is 0.290. The van der Waals surface area contributed by atoms with Crippen molar-refractivity contribution in [2.45, 2.75) is 40.2 Å². The van der Waals surface area contributed by atoms with Crippen LogP contribution in [0.3, 0.4) is 0 Å². The Morgan fingerprint density at radius 1 is 1.00 bits per heavy atom. The quantitative estimate of drug-likeness (QED) is 0.226. The molecule has 6 nitrogen and oxygen atoms in total. The Bertz CT molecular complexity index is 1340. The summed E-state index contributed by atoms with van der Waals surface area (Å²) in [5.74, 6) is -0.0793. The second-order valence-corrected chi connectivity index (χ2v) is 9.62. The largest absolute Gasteiger partial charge is 0.507 e. The summed E-state index contributed by atoms with van der Waals surface area (Å²) in [6.07, 6.45) is 0.852. The lowest BCUT2D eigenvalue weighted by molar-refractivity contribution is -0.132. The van der Waals surface area contributed by atoms with E-state index in [1.807, 2.05) is 49.4 Å². The van der Waals surface area contributed by atoms with Crippen molar-refractivity contribution in [3.05, 3.63) is 94.6 Å². The van der Waals surface area contributed by atoms with Crippen molar-refractivity contribution in [3.63, 3.8) is 0 Å². The van der Waals surface area contributed by atoms with Gasteiger partial charge in [0.25, 0.3) is 11.7 Å². The average molecular weight is 500 g/mol. The van der Waals surface area contributed by atoms with Gasteiger partial charge in [0.15, 0.2) is 0 Å². The Morgan fingerprint density at radius 2 is 1.70 bits per heavy atom. The molecule has 1 saturated heterocycles. The number of nitrogens with zero attached hydrogens (tertiary/aromatic N) is 1. The van der Waals surface area contributed by atoms with Crippen LogP contribution in [0.2, 0.25) is 0 Å². The Labute approximate surface area is 218 Å². The third-order valence-electron chi connectivity index (χ3n) is 6.52. The van der Waals surface area contributed by atoms with Crippen molar-refractivity contribution in [2.24, 2.45) is 5.92 Å². The van der Waals surface area contributed by atoms with E-state index in [2.05, 4.69) is 20.8 Å². The van der Waals surface area contributed by atoms with Crippen molar-refractivity contribution in [1.29, 1.82) is 0 Å².